The highest BCUT2D eigenvalue weighted by atomic mass is 32.2. The first kappa shape index (κ1) is 10.4. The number of nitrogens with zero attached hydrogens (tertiary/aromatic N) is 2. The van der Waals surface area contributed by atoms with Gasteiger partial charge < -0.3 is 4.90 Å². The molecule has 1 aliphatic heterocycles. The minimum Gasteiger partial charge on any atom is -0.361 e. The summed E-state index contributed by atoms with van der Waals surface area (Å²) in [5.41, 5.74) is 0. The lowest BCUT2D eigenvalue weighted by molar-refractivity contribution is -0.403. The van der Waals surface area contributed by atoms with Crippen LogP contribution in [0.3, 0.4) is 0 Å². The van der Waals surface area contributed by atoms with E-state index in [9.17, 15) is 10.1 Å². The molecule has 0 amide bonds. The number of rotatable bonds is 3. The molecule has 0 spiro atoms. The average molecular weight is 202 g/mol. The van der Waals surface area contributed by atoms with Gasteiger partial charge in [0.15, 0.2) is 0 Å². The Bertz CT molecular complexity index is 212. The Balaban J connectivity index is 2.58. The summed E-state index contributed by atoms with van der Waals surface area (Å²) in [6.07, 6.45) is 6.53. The van der Waals surface area contributed by atoms with Crippen molar-refractivity contribution < 1.29 is 4.92 Å². The molecule has 0 aromatic rings. The topological polar surface area (TPSA) is 46.4 Å². The molecule has 1 saturated heterocycles. The van der Waals surface area contributed by atoms with Crippen LogP contribution in [-0.4, -0.2) is 29.2 Å². The Morgan fingerprint density at radius 3 is 2.54 bits per heavy atom. The summed E-state index contributed by atoms with van der Waals surface area (Å²) < 4.78 is 0. The van der Waals surface area contributed by atoms with Crippen LogP contribution in [0.2, 0.25) is 0 Å². The molecule has 1 fully saturated rings. The van der Waals surface area contributed by atoms with Gasteiger partial charge in [-0.25, -0.2) is 0 Å². The first-order valence-electron chi connectivity index (χ1n) is 4.38. The van der Waals surface area contributed by atoms with Crippen molar-refractivity contribution in [2.45, 2.75) is 19.3 Å². The maximum absolute atomic E-state index is 10.3. The monoisotopic (exact) mass is 202 g/mol. The summed E-state index contributed by atoms with van der Waals surface area (Å²) in [7, 11) is 0. The zero-order valence-electron chi connectivity index (χ0n) is 7.73. The van der Waals surface area contributed by atoms with Crippen LogP contribution in [0, 0.1) is 10.1 Å². The van der Waals surface area contributed by atoms with Crippen molar-refractivity contribution >= 4 is 11.8 Å². The van der Waals surface area contributed by atoms with Crippen LogP contribution in [0.15, 0.2) is 11.2 Å². The number of nitro groups is 1. The summed E-state index contributed by atoms with van der Waals surface area (Å²) >= 11 is 1.45. The van der Waals surface area contributed by atoms with E-state index in [-0.39, 0.29) is 4.92 Å². The summed E-state index contributed by atoms with van der Waals surface area (Å²) in [5, 5.41) is 11.1. The number of hydrogen-bond donors (Lipinski definition) is 0. The average Bonchev–Trinajstić information content (AvgIpc) is 2.15. The van der Waals surface area contributed by atoms with Crippen LogP contribution >= 0.6 is 11.8 Å². The molecule has 0 unspecified atom stereocenters. The maximum Gasteiger partial charge on any atom is 0.264 e. The molecule has 13 heavy (non-hydrogen) atoms. The first-order chi connectivity index (χ1) is 6.24. The predicted octanol–water partition coefficient (Wildman–Crippen LogP) is 1.91. The molecule has 0 bridgehead atoms. The molecule has 0 radical (unpaired) electrons. The van der Waals surface area contributed by atoms with Gasteiger partial charge in [0.25, 0.3) is 6.20 Å². The summed E-state index contributed by atoms with van der Waals surface area (Å²) in [6, 6.07) is 0. The molecule has 74 valence electrons. The van der Waals surface area contributed by atoms with Crippen LogP contribution in [0.1, 0.15) is 19.3 Å². The van der Waals surface area contributed by atoms with E-state index in [0.29, 0.717) is 0 Å². The van der Waals surface area contributed by atoms with Crippen molar-refractivity contribution in [3.63, 3.8) is 0 Å². The second-order valence-corrected chi connectivity index (χ2v) is 3.83. The molecule has 1 rings (SSSR count). The zero-order chi connectivity index (χ0) is 9.68. The zero-order valence-corrected chi connectivity index (χ0v) is 8.55. The van der Waals surface area contributed by atoms with E-state index in [2.05, 4.69) is 4.90 Å². The van der Waals surface area contributed by atoms with Gasteiger partial charge in [0.1, 0.15) is 5.03 Å². The number of piperidine rings is 1. The number of hydrogen-bond acceptors (Lipinski definition) is 4. The molecular weight excluding hydrogens is 188 g/mol. The van der Waals surface area contributed by atoms with Crippen molar-refractivity contribution in [3.05, 3.63) is 21.3 Å². The lowest BCUT2D eigenvalue weighted by atomic mass is 10.1. The van der Waals surface area contributed by atoms with Gasteiger partial charge in [0.2, 0.25) is 0 Å². The quantitative estimate of drug-likeness (QED) is 0.518. The van der Waals surface area contributed by atoms with Crippen molar-refractivity contribution in [2.75, 3.05) is 19.3 Å². The van der Waals surface area contributed by atoms with E-state index in [1.165, 1.54) is 18.2 Å². The van der Waals surface area contributed by atoms with Crippen LogP contribution in [0.25, 0.3) is 0 Å². The van der Waals surface area contributed by atoms with E-state index in [4.69, 9.17) is 0 Å². The fourth-order valence-electron chi connectivity index (χ4n) is 1.47. The smallest absolute Gasteiger partial charge is 0.264 e. The molecule has 0 aromatic heterocycles. The van der Waals surface area contributed by atoms with Crippen molar-refractivity contribution in [3.8, 4) is 0 Å². The number of likely N-dealkylation sites (tertiary alicyclic amines) is 1. The van der Waals surface area contributed by atoms with E-state index < -0.39 is 0 Å². The Morgan fingerprint density at radius 1 is 1.46 bits per heavy atom. The van der Waals surface area contributed by atoms with E-state index in [0.717, 1.165) is 37.2 Å². The summed E-state index contributed by atoms with van der Waals surface area (Å²) in [5.74, 6) is 0. The van der Waals surface area contributed by atoms with Gasteiger partial charge in [-0.2, -0.15) is 0 Å². The Morgan fingerprint density at radius 2 is 2.08 bits per heavy atom. The molecule has 0 atom stereocenters. The molecular formula is C8H14N2O2S. The highest BCUT2D eigenvalue weighted by Gasteiger charge is 2.14. The second-order valence-electron chi connectivity index (χ2n) is 3.00. The maximum atomic E-state index is 10.3. The summed E-state index contributed by atoms with van der Waals surface area (Å²) in [6.45, 7) is 1.92. The highest BCUT2D eigenvalue weighted by Crippen LogP contribution is 2.21. The van der Waals surface area contributed by atoms with E-state index in [1.807, 2.05) is 6.26 Å². The van der Waals surface area contributed by atoms with Crippen molar-refractivity contribution in [2.24, 2.45) is 0 Å². The highest BCUT2D eigenvalue weighted by molar-refractivity contribution is 8.02. The fraction of sp³-hybridized carbons (Fsp3) is 0.750. The first-order valence-corrected chi connectivity index (χ1v) is 5.61. The van der Waals surface area contributed by atoms with Gasteiger partial charge in [-0.15, -0.1) is 11.8 Å². The van der Waals surface area contributed by atoms with Gasteiger partial charge in [0, 0.05) is 13.1 Å². The lowest BCUT2D eigenvalue weighted by Crippen LogP contribution is -2.28. The minimum absolute atomic E-state index is 0.375. The largest absolute Gasteiger partial charge is 0.361 e. The van der Waals surface area contributed by atoms with Gasteiger partial charge in [-0.3, -0.25) is 10.1 Å². The third-order valence-electron chi connectivity index (χ3n) is 2.09. The molecule has 0 saturated carbocycles. The molecule has 0 aliphatic carbocycles. The van der Waals surface area contributed by atoms with Crippen LogP contribution in [0.4, 0.5) is 0 Å². The third kappa shape index (κ3) is 3.26. The normalized spacial score (nSPS) is 18.8. The Kier molecular flexibility index (Phi) is 4.08. The summed E-state index contributed by atoms with van der Waals surface area (Å²) in [4.78, 5) is 12.0. The van der Waals surface area contributed by atoms with Crippen molar-refractivity contribution in [1.29, 1.82) is 0 Å². The van der Waals surface area contributed by atoms with Gasteiger partial charge >= 0.3 is 0 Å². The lowest BCUT2D eigenvalue weighted by Gasteiger charge is -2.28. The van der Waals surface area contributed by atoms with Gasteiger partial charge in [-0.1, -0.05) is 0 Å². The van der Waals surface area contributed by atoms with Crippen LogP contribution in [0.5, 0.6) is 0 Å². The van der Waals surface area contributed by atoms with Crippen LogP contribution < -0.4 is 0 Å². The molecule has 4 nitrogen and oxygen atoms in total. The standard InChI is InChI=1S/C8H14N2O2S/c1-13-8(7-10(11)12)9-5-3-2-4-6-9/h7H,2-6H2,1H3. The van der Waals surface area contributed by atoms with Crippen LogP contribution in [-0.2, 0) is 0 Å². The fourth-order valence-corrected chi connectivity index (χ4v) is 2.10. The molecule has 1 heterocycles. The SMILES string of the molecule is CSC(=C[N+](=O)[O-])N1CCCCC1. The minimum atomic E-state index is -0.375. The van der Waals surface area contributed by atoms with E-state index in [1.54, 1.807) is 0 Å². The predicted molar refractivity (Wildman–Crippen MR) is 54.0 cm³/mol. The molecule has 1 aliphatic rings. The Hall–Kier alpha value is -0.710. The van der Waals surface area contributed by atoms with Crippen molar-refractivity contribution in [1.82, 2.24) is 4.90 Å². The molecule has 5 heteroatoms. The van der Waals surface area contributed by atoms with Gasteiger partial charge in [0.05, 0.1) is 4.92 Å². The molecule has 0 N–H and O–H groups in total. The third-order valence-corrected chi connectivity index (χ3v) is 2.87. The molecule has 0 aromatic carbocycles. The van der Waals surface area contributed by atoms with Gasteiger partial charge in [-0.05, 0) is 25.5 Å². The second kappa shape index (κ2) is 5.11. The van der Waals surface area contributed by atoms with E-state index >= 15 is 0 Å². The number of thioether (sulfide) groups is 1. The Labute approximate surface area is 82.1 Å².